The number of amides is 1. The molecule has 0 aliphatic carbocycles. The van der Waals surface area contributed by atoms with Gasteiger partial charge in [0.1, 0.15) is 17.8 Å². The standard InChI is InChI=1S/C32H32F3N5O3S/c1-21(2)27-19-26(42-3)14-15-28(27)39-17-4-18-44-31(39)37-29(41)16-7-22-5-8-23(9-6-22)30-36-20-40(38-30)24-10-12-25(13-11-24)43-32(33,34)35/h5-6,8-15,19-21H,4,7,16-18H2,1-3H3. The maximum Gasteiger partial charge on any atom is 0.573 e. The number of ether oxygens (including phenoxy) is 2. The second kappa shape index (κ2) is 13.5. The van der Waals surface area contributed by atoms with Gasteiger partial charge in [-0.2, -0.15) is 4.99 Å². The van der Waals surface area contributed by atoms with Crippen molar-refractivity contribution < 1.29 is 27.4 Å². The molecule has 12 heteroatoms. The number of carbonyl (C=O) groups excluding carboxylic acids is 1. The molecule has 1 aliphatic heterocycles. The van der Waals surface area contributed by atoms with Crippen molar-refractivity contribution in [1.82, 2.24) is 14.8 Å². The number of methoxy groups -OCH3 is 1. The first kappa shape index (κ1) is 31.1. The van der Waals surface area contributed by atoms with Gasteiger partial charge < -0.3 is 14.4 Å². The minimum absolute atomic E-state index is 0.171. The van der Waals surface area contributed by atoms with E-state index in [1.165, 1.54) is 35.3 Å². The van der Waals surface area contributed by atoms with Crippen molar-refractivity contribution in [3.05, 3.63) is 84.2 Å². The number of rotatable bonds is 9. The van der Waals surface area contributed by atoms with E-state index in [1.807, 2.05) is 36.4 Å². The highest BCUT2D eigenvalue weighted by Crippen LogP contribution is 2.35. The third-order valence-electron chi connectivity index (χ3n) is 7.02. The molecule has 0 bridgehead atoms. The third-order valence-corrected chi connectivity index (χ3v) is 8.09. The summed E-state index contributed by atoms with van der Waals surface area (Å²) in [7, 11) is 1.66. The van der Waals surface area contributed by atoms with Gasteiger partial charge in [-0.3, -0.25) is 4.79 Å². The van der Waals surface area contributed by atoms with Gasteiger partial charge in [-0.15, -0.1) is 18.3 Å². The molecule has 8 nitrogen and oxygen atoms in total. The molecule has 1 fully saturated rings. The summed E-state index contributed by atoms with van der Waals surface area (Å²) in [6.07, 6.45) is -1.44. The minimum atomic E-state index is -4.75. The highest BCUT2D eigenvalue weighted by Gasteiger charge is 2.31. The molecule has 1 saturated heterocycles. The van der Waals surface area contributed by atoms with Crippen molar-refractivity contribution in [2.75, 3.05) is 24.3 Å². The Hall–Kier alpha value is -4.32. The van der Waals surface area contributed by atoms with Crippen molar-refractivity contribution in [1.29, 1.82) is 0 Å². The number of aryl methyl sites for hydroxylation is 1. The Morgan fingerprint density at radius 1 is 1.05 bits per heavy atom. The molecule has 1 aliphatic rings. The molecule has 0 N–H and O–H groups in total. The maximum absolute atomic E-state index is 13.0. The first-order valence-corrected chi connectivity index (χ1v) is 15.1. The molecule has 1 amide bonds. The van der Waals surface area contributed by atoms with Crippen LogP contribution in [0.15, 0.2) is 78.0 Å². The van der Waals surface area contributed by atoms with Gasteiger partial charge in [-0.1, -0.05) is 49.9 Å². The monoisotopic (exact) mass is 623 g/mol. The molecular weight excluding hydrogens is 591 g/mol. The summed E-state index contributed by atoms with van der Waals surface area (Å²) in [5.41, 5.74) is 4.49. The minimum Gasteiger partial charge on any atom is -0.497 e. The van der Waals surface area contributed by atoms with Gasteiger partial charge in [0.05, 0.1) is 12.8 Å². The molecule has 0 spiro atoms. The Bertz CT molecular complexity index is 1620. The molecule has 3 aromatic carbocycles. The smallest absolute Gasteiger partial charge is 0.497 e. The third kappa shape index (κ3) is 7.79. The zero-order valence-corrected chi connectivity index (χ0v) is 25.4. The van der Waals surface area contributed by atoms with E-state index in [1.54, 1.807) is 18.9 Å². The molecule has 5 rings (SSSR count). The molecule has 230 valence electrons. The Morgan fingerprint density at radius 2 is 1.77 bits per heavy atom. The highest BCUT2D eigenvalue weighted by molar-refractivity contribution is 8.14. The van der Waals surface area contributed by atoms with Crippen LogP contribution in [0.25, 0.3) is 17.1 Å². The van der Waals surface area contributed by atoms with E-state index in [-0.39, 0.29) is 24.0 Å². The number of nitrogens with zero attached hydrogens (tertiary/aromatic N) is 5. The lowest BCUT2D eigenvalue weighted by Crippen LogP contribution is -2.35. The fourth-order valence-corrected chi connectivity index (χ4v) is 5.77. The molecule has 0 atom stereocenters. The van der Waals surface area contributed by atoms with E-state index in [0.717, 1.165) is 52.0 Å². The van der Waals surface area contributed by atoms with Crippen molar-refractivity contribution in [2.24, 2.45) is 4.99 Å². The summed E-state index contributed by atoms with van der Waals surface area (Å²) in [6, 6.07) is 19.0. The number of hydrogen-bond donors (Lipinski definition) is 0. The van der Waals surface area contributed by atoms with Gasteiger partial charge in [-0.25, -0.2) is 9.67 Å². The van der Waals surface area contributed by atoms with Crippen LogP contribution in [0.2, 0.25) is 0 Å². The van der Waals surface area contributed by atoms with Gasteiger partial charge in [0.2, 0.25) is 5.91 Å². The summed E-state index contributed by atoms with van der Waals surface area (Å²) >= 11 is 1.61. The largest absolute Gasteiger partial charge is 0.573 e. The first-order chi connectivity index (χ1) is 21.1. The molecule has 1 aromatic heterocycles. The lowest BCUT2D eigenvalue weighted by Gasteiger charge is -2.32. The van der Waals surface area contributed by atoms with Gasteiger partial charge in [0, 0.05) is 30.0 Å². The lowest BCUT2D eigenvalue weighted by molar-refractivity contribution is -0.274. The number of halogens is 3. The Morgan fingerprint density at radius 3 is 2.45 bits per heavy atom. The maximum atomic E-state index is 13.0. The Labute approximate surface area is 257 Å². The van der Waals surface area contributed by atoms with Gasteiger partial charge in [-0.05, 0) is 72.4 Å². The van der Waals surface area contributed by atoms with Gasteiger partial charge in [0.25, 0.3) is 0 Å². The van der Waals surface area contributed by atoms with Crippen molar-refractivity contribution in [3.8, 4) is 28.6 Å². The predicted octanol–water partition coefficient (Wildman–Crippen LogP) is 7.42. The number of thioether (sulfide) groups is 1. The lowest BCUT2D eigenvalue weighted by atomic mass is 10.00. The van der Waals surface area contributed by atoms with Gasteiger partial charge >= 0.3 is 6.36 Å². The van der Waals surface area contributed by atoms with Crippen LogP contribution in [-0.4, -0.2) is 51.6 Å². The van der Waals surface area contributed by atoms with Crippen LogP contribution in [0.3, 0.4) is 0 Å². The summed E-state index contributed by atoms with van der Waals surface area (Å²) in [4.78, 5) is 24.0. The fraction of sp³-hybridized carbons (Fsp3) is 0.312. The van der Waals surface area contributed by atoms with E-state index >= 15 is 0 Å². The topological polar surface area (TPSA) is 81.8 Å². The number of benzene rings is 3. The van der Waals surface area contributed by atoms with Crippen LogP contribution in [-0.2, 0) is 11.2 Å². The quantitative estimate of drug-likeness (QED) is 0.192. The summed E-state index contributed by atoms with van der Waals surface area (Å²) in [5, 5.41) is 5.17. The number of aromatic nitrogens is 3. The Balaban J connectivity index is 1.21. The number of anilines is 1. The van der Waals surface area contributed by atoms with Crippen LogP contribution < -0.4 is 14.4 Å². The summed E-state index contributed by atoms with van der Waals surface area (Å²) in [6.45, 7) is 5.08. The van der Waals surface area contributed by atoms with Crippen LogP contribution in [0, 0.1) is 0 Å². The summed E-state index contributed by atoms with van der Waals surface area (Å²) < 4.78 is 48.1. The van der Waals surface area contributed by atoms with E-state index in [4.69, 9.17) is 4.74 Å². The van der Waals surface area contributed by atoms with Gasteiger partial charge in [0.15, 0.2) is 11.0 Å². The van der Waals surface area contributed by atoms with Crippen molar-refractivity contribution in [3.63, 3.8) is 0 Å². The number of hydrogen-bond acceptors (Lipinski definition) is 6. The van der Waals surface area contributed by atoms with E-state index < -0.39 is 6.36 Å². The van der Waals surface area contributed by atoms with Crippen LogP contribution >= 0.6 is 11.8 Å². The molecule has 2 heterocycles. The van der Waals surface area contributed by atoms with E-state index in [9.17, 15) is 18.0 Å². The molecule has 44 heavy (non-hydrogen) atoms. The Kier molecular flexibility index (Phi) is 9.58. The molecule has 0 radical (unpaired) electrons. The van der Waals surface area contributed by atoms with Crippen LogP contribution in [0.5, 0.6) is 11.5 Å². The molecule has 0 unspecified atom stereocenters. The molecular formula is C32H32F3N5O3S. The van der Waals surface area contributed by atoms with Crippen molar-refractivity contribution in [2.45, 2.75) is 45.4 Å². The van der Waals surface area contributed by atoms with Crippen LogP contribution in [0.4, 0.5) is 18.9 Å². The van der Waals surface area contributed by atoms with Crippen molar-refractivity contribution >= 4 is 28.5 Å². The number of carbonyl (C=O) groups is 1. The fourth-order valence-electron chi connectivity index (χ4n) is 4.80. The summed E-state index contributed by atoms with van der Waals surface area (Å²) in [5.74, 6) is 1.98. The first-order valence-electron chi connectivity index (χ1n) is 14.2. The predicted molar refractivity (Wildman–Crippen MR) is 166 cm³/mol. The van der Waals surface area contributed by atoms with E-state index in [2.05, 4.69) is 44.6 Å². The second-order valence-corrected chi connectivity index (χ2v) is 11.5. The average molecular weight is 624 g/mol. The highest BCUT2D eigenvalue weighted by atomic mass is 32.2. The average Bonchev–Trinajstić information content (AvgIpc) is 3.50. The normalized spacial score (nSPS) is 14.7. The number of aliphatic imine (C=N–C) groups is 1. The molecule has 4 aromatic rings. The zero-order chi connectivity index (χ0) is 31.3. The zero-order valence-electron chi connectivity index (χ0n) is 24.5. The SMILES string of the molecule is COc1ccc(N2CCCSC2=NC(=O)CCc2ccc(-c3ncn(-c4ccc(OC(F)(F)F)cc4)n3)cc2)c(C(C)C)c1. The second-order valence-electron chi connectivity index (χ2n) is 10.5. The van der Waals surface area contributed by atoms with E-state index in [0.29, 0.717) is 17.9 Å². The molecule has 0 saturated carbocycles. The number of alkyl halides is 3. The number of amidine groups is 1. The van der Waals surface area contributed by atoms with Crippen LogP contribution in [0.1, 0.15) is 43.7 Å².